The second kappa shape index (κ2) is 4.12. The van der Waals surface area contributed by atoms with E-state index in [1.807, 2.05) is 20.2 Å². The number of hydrogen-bond acceptors (Lipinski definition) is 4. The molecule has 0 atom stereocenters. The predicted octanol–water partition coefficient (Wildman–Crippen LogP) is 1.67. The first-order valence-electron chi connectivity index (χ1n) is 5.25. The molecule has 0 spiro atoms. The zero-order valence-corrected chi connectivity index (χ0v) is 10.2. The average Bonchev–Trinajstić information content (AvgIpc) is 2.61. The van der Waals surface area contributed by atoms with E-state index in [0.29, 0.717) is 11.5 Å². The Morgan fingerprint density at radius 3 is 2.47 bits per heavy atom. The molecule has 0 unspecified atom stereocenters. The largest absolute Gasteiger partial charge is 0.371 e. The number of nitrogens with zero attached hydrogens (tertiary/aromatic N) is 4. The van der Waals surface area contributed by atoms with Gasteiger partial charge in [0, 0.05) is 20.3 Å². The number of halogens is 1. The minimum absolute atomic E-state index is 0.204. The topological polar surface area (TPSA) is 55.6 Å². The van der Waals surface area contributed by atoms with Gasteiger partial charge in [0.2, 0.25) is 0 Å². The summed E-state index contributed by atoms with van der Waals surface area (Å²) >= 11 is 0. The Bertz CT molecular complexity index is 561. The Hall–Kier alpha value is -1.98. The first kappa shape index (κ1) is 11.5. The molecule has 2 heterocycles. The van der Waals surface area contributed by atoms with Crippen LogP contribution in [-0.4, -0.2) is 26.8 Å². The molecule has 0 fully saturated rings. The van der Waals surface area contributed by atoms with E-state index in [1.165, 1.54) is 0 Å². The fourth-order valence-corrected chi connectivity index (χ4v) is 1.66. The van der Waals surface area contributed by atoms with Crippen LogP contribution in [0.25, 0.3) is 11.4 Å². The van der Waals surface area contributed by atoms with Gasteiger partial charge < -0.3 is 5.32 Å². The highest BCUT2D eigenvalue weighted by Crippen LogP contribution is 2.22. The van der Waals surface area contributed by atoms with Crippen LogP contribution in [0.5, 0.6) is 0 Å². The molecule has 2 rings (SSSR count). The monoisotopic (exact) mass is 235 g/mol. The second-order valence-corrected chi connectivity index (χ2v) is 3.85. The molecule has 90 valence electrons. The summed E-state index contributed by atoms with van der Waals surface area (Å²) in [7, 11) is 3.45. The molecule has 1 N–H and O–H groups in total. The number of anilines is 1. The van der Waals surface area contributed by atoms with Gasteiger partial charge in [0.05, 0.1) is 17.0 Å². The summed E-state index contributed by atoms with van der Waals surface area (Å²) in [6.07, 6.45) is 1.82. The van der Waals surface area contributed by atoms with Gasteiger partial charge in [-0.05, 0) is 13.8 Å². The molecule has 0 saturated carbocycles. The third-order valence-corrected chi connectivity index (χ3v) is 2.51. The van der Waals surface area contributed by atoms with Crippen LogP contribution in [0.4, 0.5) is 10.2 Å². The number of nitrogens with one attached hydrogen (secondary N) is 1. The SMILES string of the molecule is CNc1nc(-c2cn(C)nc2C)nc(C)c1F. The van der Waals surface area contributed by atoms with Gasteiger partial charge in [-0.3, -0.25) is 4.68 Å². The lowest BCUT2D eigenvalue weighted by Crippen LogP contribution is -2.03. The van der Waals surface area contributed by atoms with Crippen LogP contribution in [0, 0.1) is 19.7 Å². The fraction of sp³-hybridized carbons (Fsp3) is 0.364. The van der Waals surface area contributed by atoms with E-state index in [-0.39, 0.29) is 5.82 Å². The maximum Gasteiger partial charge on any atom is 0.186 e. The molecule has 5 nitrogen and oxygen atoms in total. The first-order valence-corrected chi connectivity index (χ1v) is 5.25. The summed E-state index contributed by atoms with van der Waals surface area (Å²) < 4.78 is 15.3. The fourth-order valence-electron chi connectivity index (χ4n) is 1.66. The summed E-state index contributed by atoms with van der Waals surface area (Å²) in [5, 5.41) is 6.94. The molecule has 0 aliphatic rings. The van der Waals surface area contributed by atoms with Gasteiger partial charge >= 0.3 is 0 Å². The molecule has 17 heavy (non-hydrogen) atoms. The summed E-state index contributed by atoms with van der Waals surface area (Å²) in [4.78, 5) is 8.29. The van der Waals surface area contributed by atoms with Gasteiger partial charge in [-0.2, -0.15) is 5.10 Å². The molecule has 0 aromatic carbocycles. The molecule has 0 aliphatic carbocycles. The zero-order chi connectivity index (χ0) is 12.6. The summed E-state index contributed by atoms with van der Waals surface area (Å²) in [6, 6.07) is 0. The lowest BCUT2D eigenvalue weighted by Gasteiger charge is -2.06. The molecule has 0 radical (unpaired) electrons. The molecule has 0 amide bonds. The Balaban J connectivity index is 2.60. The molecular formula is C11H14FN5. The molecule has 2 aromatic heterocycles. The highest BCUT2D eigenvalue weighted by Gasteiger charge is 2.14. The van der Waals surface area contributed by atoms with Crippen molar-refractivity contribution in [2.75, 3.05) is 12.4 Å². The molecule has 2 aromatic rings. The number of rotatable bonds is 2. The molecule has 0 saturated heterocycles. The van der Waals surface area contributed by atoms with Gasteiger partial charge in [0.25, 0.3) is 0 Å². The maximum absolute atomic E-state index is 13.6. The van der Waals surface area contributed by atoms with E-state index in [4.69, 9.17) is 0 Å². The average molecular weight is 235 g/mol. The van der Waals surface area contributed by atoms with Crippen molar-refractivity contribution in [3.8, 4) is 11.4 Å². The van der Waals surface area contributed by atoms with Gasteiger partial charge in [-0.1, -0.05) is 0 Å². The van der Waals surface area contributed by atoms with Crippen molar-refractivity contribution in [2.24, 2.45) is 7.05 Å². The summed E-state index contributed by atoms with van der Waals surface area (Å²) in [5.74, 6) is 0.271. The van der Waals surface area contributed by atoms with E-state index in [0.717, 1.165) is 11.3 Å². The number of aromatic nitrogens is 4. The van der Waals surface area contributed by atoms with E-state index < -0.39 is 5.82 Å². The molecular weight excluding hydrogens is 221 g/mol. The third-order valence-electron chi connectivity index (χ3n) is 2.51. The second-order valence-electron chi connectivity index (χ2n) is 3.85. The summed E-state index contributed by atoms with van der Waals surface area (Å²) in [6.45, 7) is 3.49. The van der Waals surface area contributed by atoms with E-state index in [9.17, 15) is 4.39 Å². The lowest BCUT2D eigenvalue weighted by molar-refractivity contribution is 0.607. The van der Waals surface area contributed by atoms with Crippen molar-refractivity contribution in [1.29, 1.82) is 0 Å². The van der Waals surface area contributed by atoms with Crippen molar-refractivity contribution in [3.05, 3.63) is 23.4 Å². The summed E-state index contributed by atoms with van der Waals surface area (Å²) in [5.41, 5.74) is 1.95. The van der Waals surface area contributed by atoms with Gasteiger partial charge in [-0.25, -0.2) is 14.4 Å². The Labute approximate surface area is 98.7 Å². The van der Waals surface area contributed by atoms with Crippen LogP contribution < -0.4 is 5.32 Å². The van der Waals surface area contributed by atoms with Crippen molar-refractivity contribution in [1.82, 2.24) is 19.7 Å². The number of hydrogen-bond donors (Lipinski definition) is 1. The van der Waals surface area contributed by atoms with E-state index in [2.05, 4.69) is 20.4 Å². The van der Waals surface area contributed by atoms with Crippen molar-refractivity contribution in [3.63, 3.8) is 0 Å². The quantitative estimate of drug-likeness (QED) is 0.860. The predicted molar refractivity (Wildman–Crippen MR) is 63.2 cm³/mol. The zero-order valence-electron chi connectivity index (χ0n) is 10.2. The van der Waals surface area contributed by atoms with Gasteiger partial charge in [0.15, 0.2) is 17.5 Å². The van der Waals surface area contributed by atoms with Crippen molar-refractivity contribution >= 4 is 5.82 Å². The number of aryl methyl sites for hydroxylation is 3. The van der Waals surface area contributed by atoms with Crippen LogP contribution >= 0.6 is 0 Å². The molecule has 0 bridgehead atoms. The first-order chi connectivity index (χ1) is 8.02. The minimum Gasteiger partial charge on any atom is -0.371 e. The Morgan fingerprint density at radius 1 is 1.24 bits per heavy atom. The van der Waals surface area contributed by atoms with Crippen LogP contribution in [0.15, 0.2) is 6.20 Å². The Morgan fingerprint density at radius 2 is 1.94 bits per heavy atom. The standard InChI is InChI=1S/C11H14FN5/c1-6-8(5-17(4)16-6)10-14-7(2)9(12)11(13-3)15-10/h5H,1-4H3,(H,13,14,15). The normalized spacial score (nSPS) is 10.6. The third kappa shape index (κ3) is 1.98. The molecule has 6 heteroatoms. The Kier molecular flexibility index (Phi) is 2.79. The highest BCUT2D eigenvalue weighted by atomic mass is 19.1. The van der Waals surface area contributed by atoms with E-state index in [1.54, 1.807) is 18.7 Å². The van der Waals surface area contributed by atoms with Crippen LogP contribution in [0.3, 0.4) is 0 Å². The van der Waals surface area contributed by atoms with Crippen LogP contribution in [0.2, 0.25) is 0 Å². The van der Waals surface area contributed by atoms with Crippen LogP contribution in [0.1, 0.15) is 11.4 Å². The van der Waals surface area contributed by atoms with E-state index >= 15 is 0 Å². The van der Waals surface area contributed by atoms with Crippen molar-refractivity contribution in [2.45, 2.75) is 13.8 Å². The molecule has 0 aliphatic heterocycles. The van der Waals surface area contributed by atoms with Gasteiger partial charge in [0.1, 0.15) is 0 Å². The smallest absolute Gasteiger partial charge is 0.186 e. The maximum atomic E-state index is 13.6. The minimum atomic E-state index is -0.419. The van der Waals surface area contributed by atoms with Crippen LogP contribution in [-0.2, 0) is 7.05 Å². The van der Waals surface area contributed by atoms with Crippen molar-refractivity contribution < 1.29 is 4.39 Å². The highest BCUT2D eigenvalue weighted by molar-refractivity contribution is 5.59. The van der Waals surface area contributed by atoms with Gasteiger partial charge in [-0.15, -0.1) is 0 Å². The lowest BCUT2D eigenvalue weighted by atomic mass is 10.2.